The van der Waals surface area contributed by atoms with Gasteiger partial charge in [0.05, 0.1) is 20.8 Å². The first-order valence-corrected chi connectivity index (χ1v) is 9.82. The van der Waals surface area contributed by atoms with Gasteiger partial charge in [-0.3, -0.25) is 4.79 Å². The van der Waals surface area contributed by atoms with Gasteiger partial charge in [0, 0.05) is 23.5 Å². The van der Waals surface area contributed by atoms with Gasteiger partial charge in [0.2, 0.25) is 0 Å². The van der Waals surface area contributed by atoms with Crippen molar-refractivity contribution in [3.8, 4) is 0 Å². The number of fused-ring (bicyclic) bond motifs is 1. The Morgan fingerprint density at radius 1 is 1.20 bits per heavy atom. The molecule has 4 rings (SSSR count). The zero-order valence-corrected chi connectivity index (χ0v) is 15.8. The molecule has 0 N–H and O–H groups in total. The number of hydrogen-bond donors (Lipinski definition) is 0. The van der Waals surface area contributed by atoms with Crippen LogP contribution in [-0.2, 0) is 0 Å². The minimum atomic E-state index is -0.349. The molecule has 0 spiro atoms. The summed E-state index contributed by atoms with van der Waals surface area (Å²) in [5.41, 5.74) is 1.57. The van der Waals surface area contributed by atoms with Gasteiger partial charge in [0.25, 0.3) is 5.91 Å². The van der Waals surface area contributed by atoms with Gasteiger partial charge in [-0.05, 0) is 59.1 Å². The third-order valence-electron chi connectivity index (χ3n) is 4.60. The molecular formula is C19H16BrFN2OS. The summed E-state index contributed by atoms with van der Waals surface area (Å²) in [5, 5.41) is 1.16. The molecule has 1 aliphatic heterocycles. The van der Waals surface area contributed by atoms with Gasteiger partial charge in [-0.1, -0.05) is 12.1 Å². The van der Waals surface area contributed by atoms with Gasteiger partial charge < -0.3 is 4.90 Å². The van der Waals surface area contributed by atoms with Crippen LogP contribution in [0.15, 0.2) is 46.9 Å². The number of carbonyl (C=O) groups excluding carboxylic acids is 1. The maximum atomic E-state index is 13.2. The van der Waals surface area contributed by atoms with Gasteiger partial charge in [0.1, 0.15) is 5.82 Å². The molecule has 0 radical (unpaired) electrons. The molecule has 1 saturated heterocycles. The quantitative estimate of drug-likeness (QED) is 0.571. The Morgan fingerprint density at radius 2 is 1.96 bits per heavy atom. The van der Waals surface area contributed by atoms with Crippen molar-refractivity contribution >= 4 is 43.4 Å². The van der Waals surface area contributed by atoms with E-state index >= 15 is 0 Å². The lowest BCUT2D eigenvalue weighted by Crippen LogP contribution is -2.38. The number of para-hydroxylation sites is 1. The fourth-order valence-corrected chi connectivity index (χ4v) is 4.88. The van der Waals surface area contributed by atoms with Crippen molar-refractivity contribution in [2.45, 2.75) is 18.8 Å². The smallest absolute Gasteiger partial charge is 0.255 e. The van der Waals surface area contributed by atoms with Crippen molar-refractivity contribution < 1.29 is 9.18 Å². The Kier molecular flexibility index (Phi) is 4.56. The van der Waals surface area contributed by atoms with E-state index in [1.807, 2.05) is 23.1 Å². The number of nitrogens with zero attached hydrogens (tertiary/aromatic N) is 2. The minimum absolute atomic E-state index is 0.0466. The lowest BCUT2D eigenvalue weighted by molar-refractivity contribution is 0.0712. The molecule has 0 aliphatic carbocycles. The molecule has 0 unspecified atom stereocenters. The third kappa shape index (κ3) is 3.33. The van der Waals surface area contributed by atoms with Crippen LogP contribution in [0, 0.1) is 5.82 Å². The summed E-state index contributed by atoms with van der Waals surface area (Å²) in [6.07, 6.45) is 1.81. The number of carbonyl (C=O) groups is 1. The lowest BCUT2D eigenvalue weighted by atomic mass is 9.97. The summed E-state index contributed by atoms with van der Waals surface area (Å²) in [6.45, 7) is 1.40. The van der Waals surface area contributed by atoms with E-state index in [-0.39, 0.29) is 11.7 Å². The summed E-state index contributed by atoms with van der Waals surface area (Å²) in [7, 11) is 0. The molecule has 0 bridgehead atoms. The van der Waals surface area contributed by atoms with Crippen LogP contribution in [0.5, 0.6) is 0 Å². The van der Waals surface area contributed by atoms with Gasteiger partial charge in [0.15, 0.2) is 0 Å². The Balaban J connectivity index is 1.46. The maximum absolute atomic E-state index is 13.2. The lowest BCUT2D eigenvalue weighted by Gasteiger charge is -2.31. The molecule has 25 heavy (non-hydrogen) atoms. The predicted octanol–water partition coefficient (Wildman–Crippen LogP) is 5.22. The predicted molar refractivity (Wildman–Crippen MR) is 102 cm³/mol. The summed E-state index contributed by atoms with van der Waals surface area (Å²) in [5.74, 6) is 0.00528. The fraction of sp³-hybridized carbons (Fsp3) is 0.263. The van der Waals surface area contributed by atoms with Crippen molar-refractivity contribution in [2.24, 2.45) is 0 Å². The Bertz CT molecular complexity index is 901. The van der Waals surface area contributed by atoms with E-state index in [1.54, 1.807) is 17.4 Å². The Morgan fingerprint density at radius 3 is 2.68 bits per heavy atom. The van der Waals surface area contributed by atoms with E-state index in [0.29, 0.717) is 29.0 Å². The van der Waals surface area contributed by atoms with Crippen LogP contribution < -0.4 is 0 Å². The molecule has 2 heterocycles. The highest BCUT2D eigenvalue weighted by molar-refractivity contribution is 9.10. The molecule has 3 aromatic rings. The van der Waals surface area contributed by atoms with E-state index < -0.39 is 0 Å². The van der Waals surface area contributed by atoms with Gasteiger partial charge in [-0.2, -0.15) is 0 Å². The summed E-state index contributed by atoms with van der Waals surface area (Å²) in [4.78, 5) is 19.3. The molecule has 1 fully saturated rings. The molecule has 6 heteroatoms. The third-order valence-corrected chi connectivity index (χ3v) is 6.46. The van der Waals surface area contributed by atoms with Crippen LogP contribution in [0.3, 0.4) is 0 Å². The van der Waals surface area contributed by atoms with Gasteiger partial charge in [-0.15, -0.1) is 11.3 Å². The number of likely N-dealkylation sites (tertiary alicyclic amines) is 1. The van der Waals surface area contributed by atoms with Crippen molar-refractivity contribution in [1.82, 2.24) is 9.88 Å². The fourth-order valence-electron chi connectivity index (χ4n) is 3.23. The molecule has 3 nitrogen and oxygen atoms in total. The summed E-state index contributed by atoms with van der Waals surface area (Å²) in [6, 6.07) is 12.4. The number of piperidine rings is 1. The van der Waals surface area contributed by atoms with E-state index in [0.717, 1.165) is 23.4 Å². The van der Waals surface area contributed by atoms with Gasteiger partial charge >= 0.3 is 0 Å². The molecule has 1 amide bonds. The monoisotopic (exact) mass is 418 g/mol. The van der Waals surface area contributed by atoms with E-state index in [1.165, 1.54) is 16.8 Å². The second kappa shape index (κ2) is 6.84. The largest absolute Gasteiger partial charge is 0.339 e. The van der Waals surface area contributed by atoms with Crippen LogP contribution in [0.4, 0.5) is 4.39 Å². The number of amides is 1. The molecule has 0 atom stereocenters. The molecule has 0 saturated carbocycles. The maximum Gasteiger partial charge on any atom is 0.255 e. The minimum Gasteiger partial charge on any atom is -0.339 e. The highest BCUT2D eigenvalue weighted by Gasteiger charge is 2.27. The topological polar surface area (TPSA) is 33.2 Å². The first kappa shape index (κ1) is 16.7. The molecule has 1 aliphatic rings. The van der Waals surface area contributed by atoms with Crippen molar-refractivity contribution in [2.75, 3.05) is 13.1 Å². The molecule has 1 aromatic heterocycles. The van der Waals surface area contributed by atoms with E-state index in [4.69, 9.17) is 4.98 Å². The van der Waals surface area contributed by atoms with Crippen LogP contribution in [0.1, 0.15) is 34.1 Å². The number of aromatic nitrogens is 1. The average Bonchev–Trinajstić information content (AvgIpc) is 3.05. The number of hydrogen-bond acceptors (Lipinski definition) is 3. The number of rotatable bonds is 2. The number of halogens is 2. The van der Waals surface area contributed by atoms with Crippen LogP contribution >= 0.6 is 27.3 Å². The summed E-state index contributed by atoms with van der Waals surface area (Å²) < 4.78 is 14.9. The van der Waals surface area contributed by atoms with Crippen molar-refractivity contribution in [3.63, 3.8) is 0 Å². The number of thiazole rings is 1. The van der Waals surface area contributed by atoms with E-state index in [2.05, 4.69) is 22.0 Å². The Labute approximate surface area is 157 Å². The second-order valence-electron chi connectivity index (χ2n) is 6.21. The first-order valence-electron chi connectivity index (χ1n) is 8.21. The second-order valence-corrected chi connectivity index (χ2v) is 8.13. The first-order chi connectivity index (χ1) is 12.1. The SMILES string of the molecule is O=C(c1ccc(F)cc1Br)N1CCC(c2nc3ccccc3s2)CC1. The standard InChI is InChI=1S/C19H16BrFN2OS/c20-15-11-13(21)5-6-14(15)19(24)23-9-7-12(8-10-23)18-22-16-3-1-2-4-17(16)25-18/h1-6,11-12H,7-10H2. The summed E-state index contributed by atoms with van der Waals surface area (Å²) >= 11 is 5.04. The van der Waals surface area contributed by atoms with Crippen molar-refractivity contribution in [3.05, 3.63) is 63.3 Å². The van der Waals surface area contributed by atoms with Crippen LogP contribution in [0.2, 0.25) is 0 Å². The van der Waals surface area contributed by atoms with Gasteiger partial charge in [-0.25, -0.2) is 9.37 Å². The highest BCUT2D eigenvalue weighted by atomic mass is 79.9. The molecule has 2 aromatic carbocycles. The average molecular weight is 419 g/mol. The Hall–Kier alpha value is -1.79. The van der Waals surface area contributed by atoms with Crippen molar-refractivity contribution in [1.29, 1.82) is 0 Å². The highest BCUT2D eigenvalue weighted by Crippen LogP contribution is 2.34. The number of benzene rings is 2. The zero-order valence-electron chi connectivity index (χ0n) is 13.4. The molecule has 128 valence electrons. The van der Waals surface area contributed by atoms with E-state index in [9.17, 15) is 9.18 Å². The van der Waals surface area contributed by atoms with Crippen LogP contribution in [0.25, 0.3) is 10.2 Å². The van der Waals surface area contributed by atoms with Crippen LogP contribution in [-0.4, -0.2) is 28.9 Å². The molecular weight excluding hydrogens is 403 g/mol. The zero-order chi connectivity index (χ0) is 17.4. The normalized spacial score (nSPS) is 15.7.